The number of rotatable bonds is 9. The summed E-state index contributed by atoms with van der Waals surface area (Å²) in [6.45, 7) is 10.9. The monoisotopic (exact) mass is 677 g/mol. The SMILES string of the molecule is CC.CC(C)CNCc1ncc(-c2cc(F)c3c(c2)OC(c2ccc(C4CC4)s2)n2c-3cc3cc(-c4cnc(C5CCCN5)[nH]4)ccc32)[nH]1. The maximum Gasteiger partial charge on any atom is 0.212 e. The van der Waals surface area contributed by atoms with Gasteiger partial charge in [-0.1, -0.05) is 33.8 Å². The number of fused-ring (bicyclic) bond motifs is 5. The van der Waals surface area contributed by atoms with Crippen molar-refractivity contribution in [1.82, 2.24) is 35.1 Å². The first kappa shape index (κ1) is 32.0. The fraction of sp³-hybridized carbons (Fsp3) is 0.385. The number of aromatic nitrogens is 5. The number of halogens is 1. The summed E-state index contributed by atoms with van der Waals surface area (Å²) in [5.74, 6) is 3.23. The van der Waals surface area contributed by atoms with Gasteiger partial charge in [0.15, 0.2) is 0 Å². The van der Waals surface area contributed by atoms with E-state index in [1.807, 2.05) is 37.4 Å². The Kier molecular flexibility index (Phi) is 8.63. The third kappa shape index (κ3) is 6.11. The number of nitrogens with one attached hydrogen (secondary N) is 4. The predicted molar refractivity (Wildman–Crippen MR) is 195 cm³/mol. The van der Waals surface area contributed by atoms with E-state index in [1.165, 1.54) is 17.7 Å². The van der Waals surface area contributed by atoms with Crippen LogP contribution in [-0.2, 0) is 6.54 Å². The second-order valence-corrected chi connectivity index (χ2v) is 14.7. The molecule has 0 bridgehead atoms. The molecule has 4 aromatic heterocycles. The number of ether oxygens (including phenoxy) is 1. The number of nitrogens with zero attached hydrogens (tertiary/aromatic N) is 3. The lowest BCUT2D eigenvalue weighted by Crippen LogP contribution is -2.22. The quantitative estimate of drug-likeness (QED) is 0.122. The van der Waals surface area contributed by atoms with Crippen molar-refractivity contribution in [1.29, 1.82) is 0 Å². The molecule has 2 aromatic carbocycles. The molecule has 0 spiro atoms. The number of H-pyrrole nitrogens is 2. The first-order valence-electron chi connectivity index (χ1n) is 17.8. The van der Waals surface area contributed by atoms with Gasteiger partial charge in [0.05, 0.1) is 58.0 Å². The molecule has 10 heteroatoms. The lowest BCUT2D eigenvalue weighted by atomic mass is 10.0. The second-order valence-electron chi connectivity index (χ2n) is 13.6. The van der Waals surface area contributed by atoms with Crippen molar-refractivity contribution >= 4 is 22.2 Å². The first-order valence-corrected chi connectivity index (χ1v) is 18.6. The van der Waals surface area contributed by atoms with Gasteiger partial charge >= 0.3 is 0 Å². The molecule has 6 heterocycles. The van der Waals surface area contributed by atoms with Gasteiger partial charge in [-0.05, 0) is 93.1 Å². The number of imidazole rings is 2. The van der Waals surface area contributed by atoms with E-state index in [0.29, 0.717) is 35.3 Å². The molecule has 6 aromatic rings. The fourth-order valence-corrected chi connectivity index (χ4v) is 8.23. The maximum atomic E-state index is 16.3. The van der Waals surface area contributed by atoms with Gasteiger partial charge in [0, 0.05) is 21.4 Å². The van der Waals surface area contributed by atoms with Gasteiger partial charge in [-0.25, -0.2) is 14.4 Å². The number of aromatic amines is 2. The van der Waals surface area contributed by atoms with E-state index >= 15 is 4.39 Å². The lowest BCUT2D eigenvalue weighted by Gasteiger charge is -2.30. The summed E-state index contributed by atoms with van der Waals surface area (Å²) in [6.07, 6.45) is 8.03. The van der Waals surface area contributed by atoms with E-state index in [1.54, 1.807) is 12.3 Å². The Morgan fingerprint density at radius 1 is 0.959 bits per heavy atom. The van der Waals surface area contributed by atoms with E-state index in [9.17, 15) is 0 Å². The Labute approximate surface area is 290 Å². The van der Waals surface area contributed by atoms with Crippen LogP contribution in [0.3, 0.4) is 0 Å². The van der Waals surface area contributed by atoms with Crippen LogP contribution >= 0.6 is 11.3 Å². The summed E-state index contributed by atoms with van der Waals surface area (Å²) in [5.41, 5.74) is 5.82. The van der Waals surface area contributed by atoms with Crippen LogP contribution in [0.5, 0.6) is 5.75 Å². The molecule has 2 fully saturated rings. The van der Waals surface area contributed by atoms with Crippen LogP contribution in [0.1, 0.15) is 93.0 Å². The van der Waals surface area contributed by atoms with Gasteiger partial charge in [0.1, 0.15) is 23.2 Å². The molecule has 2 unspecified atom stereocenters. The summed E-state index contributed by atoms with van der Waals surface area (Å²) in [7, 11) is 0. The van der Waals surface area contributed by atoms with Gasteiger partial charge in [-0.2, -0.15) is 0 Å². The molecule has 1 saturated heterocycles. The van der Waals surface area contributed by atoms with Gasteiger partial charge in [-0.3, -0.25) is 4.57 Å². The Hall–Kier alpha value is -4.25. The van der Waals surface area contributed by atoms with Crippen LogP contribution in [0.2, 0.25) is 0 Å². The van der Waals surface area contributed by atoms with Crippen molar-refractivity contribution in [2.24, 2.45) is 5.92 Å². The Morgan fingerprint density at radius 2 is 1.78 bits per heavy atom. The number of thiophene rings is 1. The molecule has 2 aliphatic heterocycles. The van der Waals surface area contributed by atoms with Crippen LogP contribution in [0.4, 0.5) is 4.39 Å². The summed E-state index contributed by atoms with van der Waals surface area (Å²) >= 11 is 1.81. The highest BCUT2D eigenvalue weighted by Crippen LogP contribution is 2.50. The Bertz CT molecular complexity index is 2090. The Balaban J connectivity index is 0.00000171. The van der Waals surface area contributed by atoms with Gasteiger partial charge < -0.3 is 25.3 Å². The van der Waals surface area contributed by atoms with Crippen molar-refractivity contribution in [2.45, 2.75) is 78.1 Å². The molecule has 9 rings (SSSR count). The standard InChI is InChI=1S/C37H38FN7OS.C2H6/c1-20(2)16-39-19-34-41-17-28(43-34)23-13-25(38)35-30-14-24-12-22(27-18-42-36(44-27)26-4-3-11-40-26)7-8-29(24)45(30)37(46-31(35)15-23)33-10-9-32(47-33)21-5-6-21;1-2/h7-10,12-15,17-18,20-21,26,37,39-40H,3-6,11,16,19H2,1-2H3,(H,41,43)(H,42,44);1-2H3. The molecule has 2 atom stereocenters. The fourth-order valence-electron chi connectivity index (χ4n) is 7.03. The number of hydrogen-bond donors (Lipinski definition) is 4. The molecular weight excluding hydrogens is 634 g/mol. The van der Waals surface area contributed by atoms with E-state index in [-0.39, 0.29) is 11.9 Å². The van der Waals surface area contributed by atoms with Crippen LogP contribution in [0, 0.1) is 11.7 Å². The smallest absolute Gasteiger partial charge is 0.212 e. The van der Waals surface area contributed by atoms with Crippen LogP contribution in [0.15, 0.2) is 60.9 Å². The highest BCUT2D eigenvalue weighted by molar-refractivity contribution is 7.12. The van der Waals surface area contributed by atoms with E-state index < -0.39 is 6.23 Å². The summed E-state index contributed by atoms with van der Waals surface area (Å²) < 4.78 is 25.3. The minimum atomic E-state index is -0.405. The molecule has 4 N–H and O–H groups in total. The molecule has 8 nitrogen and oxygen atoms in total. The zero-order valence-electron chi connectivity index (χ0n) is 28.6. The number of hydrogen-bond acceptors (Lipinski definition) is 6. The zero-order chi connectivity index (χ0) is 33.6. The third-order valence-corrected chi connectivity index (χ3v) is 10.9. The van der Waals surface area contributed by atoms with E-state index in [2.05, 4.69) is 85.4 Å². The van der Waals surface area contributed by atoms with Crippen LogP contribution < -0.4 is 15.4 Å². The summed E-state index contributed by atoms with van der Waals surface area (Å²) in [4.78, 5) is 18.7. The zero-order valence-corrected chi connectivity index (χ0v) is 29.4. The average Bonchev–Trinajstić information content (AvgIpc) is 3.71. The van der Waals surface area contributed by atoms with Crippen LogP contribution in [0.25, 0.3) is 44.7 Å². The van der Waals surface area contributed by atoms with Gasteiger partial charge in [0.2, 0.25) is 6.23 Å². The van der Waals surface area contributed by atoms with Crippen LogP contribution in [-0.4, -0.2) is 37.6 Å². The normalized spacial score (nSPS) is 18.3. The third-order valence-electron chi connectivity index (χ3n) is 9.57. The maximum absolute atomic E-state index is 16.3. The highest BCUT2D eigenvalue weighted by Gasteiger charge is 2.34. The summed E-state index contributed by atoms with van der Waals surface area (Å²) in [5, 5.41) is 7.97. The van der Waals surface area contributed by atoms with E-state index in [0.717, 1.165) is 76.0 Å². The minimum absolute atomic E-state index is 0.276. The molecule has 49 heavy (non-hydrogen) atoms. The molecule has 0 amide bonds. The topological polar surface area (TPSA) is 95.6 Å². The first-order chi connectivity index (χ1) is 24.0. The van der Waals surface area contributed by atoms with E-state index in [4.69, 9.17) is 4.74 Å². The molecule has 0 radical (unpaired) electrons. The molecule has 1 aliphatic carbocycles. The number of benzene rings is 2. The minimum Gasteiger partial charge on any atom is -0.464 e. The molecule has 1 saturated carbocycles. The summed E-state index contributed by atoms with van der Waals surface area (Å²) in [6, 6.07) is 16.8. The highest BCUT2D eigenvalue weighted by atomic mass is 32.1. The van der Waals surface area contributed by atoms with Gasteiger partial charge in [-0.15, -0.1) is 11.3 Å². The molecule has 3 aliphatic rings. The van der Waals surface area contributed by atoms with Gasteiger partial charge in [0.25, 0.3) is 0 Å². The second kappa shape index (κ2) is 13.2. The largest absolute Gasteiger partial charge is 0.464 e. The molecule has 254 valence electrons. The van der Waals surface area contributed by atoms with Crippen molar-refractivity contribution < 1.29 is 9.13 Å². The Morgan fingerprint density at radius 3 is 2.57 bits per heavy atom. The van der Waals surface area contributed by atoms with Crippen molar-refractivity contribution in [3.8, 4) is 39.5 Å². The average molecular weight is 678 g/mol. The van der Waals surface area contributed by atoms with Crippen molar-refractivity contribution in [3.63, 3.8) is 0 Å². The lowest BCUT2D eigenvalue weighted by molar-refractivity contribution is 0.176. The van der Waals surface area contributed by atoms with Crippen molar-refractivity contribution in [3.05, 3.63) is 88.1 Å². The molecular formula is C39H44FN7OS. The van der Waals surface area contributed by atoms with Crippen molar-refractivity contribution in [2.75, 3.05) is 13.1 Å². The predicted octanol–water partition coefficient (Wildman–Crippen LogP) is 9.30.